The van der Waals surface area contributed by atoms with Crippen molar-refractivity contribution in [3.05, 3.63) is 28.6 Å². The molecule has 6 heteroatoms. The predicted molar refractivity (Wildman–Crippen MR) is 106 cm³/mol. The lowest BCUT2D eigenvalue weighted by Gasteiger charge is -2.14. The fourth-order valence-electron chi connectivity index (χ4n) is 2.64. The molecule has 1 aromatic heterocycles. The maximum Gasteiger partial charge on any atom is 0.349 e. The van der Waals surface area contributed by atoms with E-state index >= 15 is 0 Å². The second kappa shape index (κ2) is 9.96. The molecule has 0 aliphatic heterocycles. The zero-order chi connectivity index (χ0) is 20.7. The molecule has 0 aromatic carbocycles. The first-order valence-electron chi connectivity index (χ1n) is 9.34. The van der Waals surface area contributed by atoms with Gasteiger partial charge in [0.1, 0.15) is 11.6 Å². The molecule has 27 heavy (non-hydrogen) atoms. The number of nitriles is 1. The van der Waals surface area contributed by atoms with Gasteiger partial charge in [-0.3, -0.25) is 4.79 Å². The Balaban J connectivity index is 2.93. The van der Waals surface area contributed by atoms with Crippen molar-refractivity contribution >= 4 is 18.0 Å². The Morgan fingerprint density at radius 1 is 1.22 bits per heavy atom. The highest BCUT2D eigenvalue weighted by Crippen LogP contribution is 2.20. The quantitative estimate of drug-likeness (QED) is 0.430. The molecule has 1 aromatic rings. The molecule has 0 aliphatic carbocycles. The number of aryl methyl sites for hydroxylation is 1. The summed E-state index contributed by atoms with van der Waals surface area (Å²) in [6.07, 6.45) is 0.571. The van der Waals surface area contributed by atoms with Gasteiger partial charge in [0.2, 0.25) is 0 Å². The monoisotopic (exact) mass is 373 g/mol. The van der Waals surface area contributed by atoms with Crippen LogP contribution in [0.1, 0.15) is 51.6 Å². The van der Waals surface area contributed by atoms with Gasteiger partial charge in [0.25, 0.3) is 5.91 Å². The van der Waals surface area contributed by atoms with Gasteiger partial charge in [-0.05, 0) is 50.3 Å². The van der Waals surface area contributed by atoms with Crippen molar-refractivity contribution in [2.24, 2.45) is 11.8 Å². The summed E-state index contributed by atoms with van der Waals surface area (Å²) in [6.45, 7) is 15.1. The summed E-state index contributed by atoms with van der Waals surface area (Å²) in [5.41, 5.74) is 2.74. The van der Waals surface area contributed by atoms with E-state index in [-0.39, 0.29) is 11.5 Å². The summed E-state index contributed by atoms with van der Waals surface area (Å²) >= 11 is 0. The van der Waals surface area contributed by atoms with Crippen LogP contribution >= 0.6 is 0 Å². The molecule has 1 N–H and O–H groups in total. The van der Waals surface area contributed by atoms with Crippen molar-refractivity contribution in [2.75, 3.05) is 6.54 Å². The molecule has 0 spiro atoms. The van der Waals surface area contributed by atoms with E-state index in [0.717, 1.165) is 23.5 Å². The van der Waals surface area contributed by atoms with Crippen LogP contribution in [-0.4, -0.2) is 29.1 Å². The molecule has 1 heterocycles. The summed E-state index contributed by atoms with van der Waals surface area (Å²) < 4.78 is 7.33. The third kappa shape index (κ3) is 6.59. The summed E-state index contributed by atoms with van der Waals surface area (Å²) in [6, 6.07) is 3.83. The molecule has 0 saturated carbocycles. The first kappa shape index (κ1) is 22.5. The summed E-state index contributed by atoms with van der Waals surface area (Å²) in [4.78, 5) is 24.3. The van der Waals surface area contributed by atoms with E-state index < -0.39 is 12.1 Å². The van der Waals surface area contributed by atoms with Crippen LogP contribution in [0.4, 0.5) is 0 Å². The van der Waals surface area contributed by atoms with E-state index in [1.807, 2.05) is 39.8 Å². The van der Waals surface area contributed by atoms with E-state index in [4.69, 9.17) is 4.74 Å². The Morgan fingerprint density at radius 2 is 1.85 bits per heavy atom. The largest absolute Gasteiger partial charge is 0.448 e. The van der Waals surface area contributed by atoms with Crippen LogP contribution in [0.25, 0.3) is 6.08 Å². The summed E-state index contributed by atoms with van der Waals surface area (Å²) in [5.74, 6) is -0.382. The fourth-order valence-corrected chi connectivity index (χ4v) is 2.64. The van der Waals surface area contributed by atoms with Crippen molar-refractivity contribution < 1.29 is 14.3 Å². The number of ether oxygens (including phenoxy) is 1. The normalized spacial score (nSPS) is 12.8. The number of esters is 1. The molecule has 1 atom stereocenters. The molecule has 0 saturated heterocycles. The molecule has 0 fully saturated rings. The lowest BCUT2D eigenvalue weighted by molar-refractivity contribution is -0.150. The lowest BCUT2D eigenvalue weighted by Crippen LogP contribution is -2.37. The Labute approximate surface area is 162 Å². The number of aromatic nitrogens is 1. The maximum atomic E-state index is 12.3. The maximum absolute atomic E-state index is 12.3. The molecule has 1 unspecified atom stereocenters. The van der Waals surface area contributed by atoms with Crippen LogP contribution in [-0.2, 0) is 20.9 Å². The highest BCUT2D eigenvalue weighted by Gasteiger charge is 2.21. The minimum Gasteiger partial charge on any atom is -0.448 e. The van der Waals surface area contributed by atoms with E-state index in [9.17, 15) is 14.9 Å². The third-order valence-electron chi connectivity index (χ3n) is 4.14. The van der Waals surface area contributed by atoms with Gasteiger partial charge in [-0.1, -0.05) is 27.7 Å². The second-order valence-electron chi connectivity index (χ2n) is 7.69. The minimum atomic E-state index is -0.957. The number of nitrogens with zero attached hydrogens (tertiary/aromatic N) is 2. The molecule has 1 amide bonds. The van der Waals surface area contributed by atoms with Crippen LogP contribution in [0, 0.1) is 37.0 Å². The van der Waals surface area contributed by atoms with E-state index in [2.05, 4.69) is 23.7 Å². The topological polar surface area (TPSA) is 84.1 Å². The van der Waals surface area contributed by atoms with Gasteiger partial charge in [0.05, 0.1) is 0 Å². The predicted octanol–water partition coefficient (Wildman–Crippen LogP) is 3.37. The number of rotatable bonds is 8. The van der Waals surface area contributed by atoms with E-state index in [1.54, 1.807) is 0 Å². The molecular formula is C21H31N3O3. The molecule has 0 bridgehead atoms. The van der Waals surface area contributed by atoms with Crippen molar-refractivity contribution in [1.29, 1.82) is 5.26 Å². The van der Waals surface area contributed by atoms with Gasteiger partial charge in [-0.2, -0.15) is 5.26 Å². The van der Waals surface area contributed by atoms with Crippen molar-refractivity contribution in [3.8, 4) is 6.07 Å². The number of nitrogens with one attached hydrogen (secondary N) is 1. The zero-order valence-corrected chi connectivity index (χ0v) is 17.4. The van der Waals surface area contributed by atoms with Gasteiger partial charge >= 0.3 is 5.97 Å². The Kier molecular flexibility index (Phi) is 8.30. The molecular weight excluding hydrogens is 342 g/mol. The average molecular weight is 373 g/mol. The second-order valence-corrected chi connectivity index (χ2v) is 7.69. The molecule has 0 aliphatic rings. The van der Waals surface area contributed by atoms with E-state index in [0.29, 0.717) is 18.4 Å². The highest BCUT2D eigenvalue weighted by atomic mass is 16.5. The molecule has 0 radical (unpaired) electrons. The third-order valence-corrected chi connectivity index (χ3v) is 4.14. The lowest BCUT2D eigenvalue weighted by atomic mass is 10.1. The van der Waals surface area contributed by atoms with Gasteiger partial charge < -0.3 is 14.6 Å². The van der Waals surface area contributed by atoms with Gasteiger partial charge in [0, 0.05) is 24.5 Å². The van der Waals surface area contributed by atoms with Crippen molar-refractivity contribution in [3.63, 3.8) is 0 Å². The van der Waals surface area contributed by atoms with Crippen LogP contribution in [0.2, 0.25) is 0 Å². The number of hydrogen-bond acceptors (Lipinski definition) is 4. The fraction of sp³-hybridized carbons (Fsp3) is 0.571. The Hall–Kier alpha value is -2.55. The van der Waals surface area contributed by atoms with Crippen LogP contribution in [0.3, 0.4) is 0 Å². The molecule has 6 nitrogen and oxygen atoms in total. The van der Waals surface area contributed by atoms with Crippen LogP contribution < -0.4 is 5.32 Å². The number of amides is 1. The summed E-state index contributed by atoms with van der Waals surface area (Å²) in [5, 5.41) is 12.1. The standard InChI is InChI=1S/C21H31N3O3/c1-13(2)11-23-20(25)17(7)27-21(26)19(10-22)9-18-8-15(5)24(16(18)6)12-14(3)4/h8-9,13-14,17H,11-12H2,1-7H3,(H,23,25)/b19-9+. The van der Waals surface area contributed by atoms with Crippen molar-refractivity contribution in [2.45, 2.75) is 61.1 Å². The highest BCUT2D eigenvalue weighted by molar-refractivity contribution is 5.99. The Morgan fingerprint density at radius 3 is 2.37 bits per heavy atom. The average Bonchev–Trinajstić information content (AvgIpc) is 2.84. The number of carbonyl (C=O) groups excluding carboxylic acids is 2. The van der Waals surface area contributed by atoms with Gasteiger partial charge in [-0.25, -0.2) is 4.79 Å². The minimum absolute atomic E-state index is 0.122. The molecule has 148 valence electrons. The first-order chi connectivity index (χ1) is 12.6. The zero-order valence-electron chi connectivity index (χ0n) is 17.4. The summed E-state index contributed by atoms with van der Waals surface area (Å²) in [7, 11) is 0. The van der Waals surface area contributed by atoms with Crippen molar-refractivity contribution in [1.82, 2.24) is 9.88 Å². The van der Waals surface area contributed by atoms with Crippen LogP contribution in [0.5, 0.6) is 0 Å². The van der Waals surface area contributed by atoms with Gasteiger partial charge in [0.15, 0.2) is 6.10 Å². The number of carbonyl (C=O) groups is 2. The van der Waals surface area contributed by atoms with Gasteiger partial charge in [-0.15, -0.1) is 0 Å². The smallest absolute Gasteiger partial charge is 0.349 e. The number of hydrogen-bond donors (Lipinski definition) is 1. The van der Waals surface area contributed by atoms with Crippen LogP contribution in [0.15, 0.2) is 11.6 Å². The Bertz CT molecular complexity index is 751. The SMILES string of the molecule is Cc1cc(/C=C(\C#N)C(=O)OC(C)C(=O)NCC(C)C)c(C)n1CC(C)C. The first-order valence-corrected chi connectivity index (χ1v) is 9.34. The molecule has 1 rings (SSSR count). The van der Waals surface area contributed by atoms with E-state index in [1.165, 1.54) is 13.0 Å².